The lowest BCUT2D eigenvalue weighted by atomic mass is 9.99. The van der Waals surface area contributed by atoms with Gasteiger partial charge in [-0.25, -0.2) is 0 Å². The standard InChI is InChI=1S/C14H12Cl4N2/c15-10-3-1-8(12(17)7-10)6-14(20-19)9-2-4-11(16)13(18)5-9/h1-5,7,14,20H,6,19H2. The molecule has 0 heterocycles. The lowest BCUT2D eigenvalue weighted by molar-refractivity contribution is 0.552. The molecular formula is C14H12Cl4N2. The van der Waals surface area contributed by atoms with E-state index in [1.165, 1.54) is 0 Å². The Morgan fingerprint density at radius 3 is 2.25 bits per heavy atom. The minimum Gasteiger partial charge on any atom is -0.271 e. The monoisotopic (exact) mass is 348 g/mol. The Morgan fingerprint density at radius 2 is 1.65 bits per heavy atom. The minimum absolute atomic E-state index is 0.122. The molecule has 0 amide bonds. The number of hydrogen-bond acceptors (Lipinski definition) is 2. The fourth-order valence-electron chi connectivity index (χ4n) is 1.91. The van der Waals surface area contributed by atoms with Gasteiger partial charge in [-0.05, 0) is 41.8 Å². The molecule has 6 heteroatoms. The predicted molar refractivity (Wildman–Crippen MR) is 86.7 cm³/mol. The molecule has 2 nitrogen and oxygen atoms in total. The maximum Gasteiger partial charge on any atom is 0.0595 e. The lowest BCUT2D eigenvalue weighted by Gasteiger charge is -2.18. The summed E-state index contributed by atoms with van der Waals surface area (Å²) < 4.78 is 0. The number of halogens is 4. The molecule has 1 unspecified atom stereocenters. The van der Waals surface area contributed by atoms with Crippen LogP contribution in [0.15, 0.2) is 36.4 Å². The largest absolute Gasteiger partial charge is 0.271 e. The van der Waals surface area contributed by atoms with Crippen LogP contribution in [0.2, 0.25) is 20.1 Å². The molecule has 20 heavy (non-hydrogen) atoms. The van der Waals surface area contributed by atoms with Gasteiger partial charge in [-0.1, -0.05) is 58.5 Å². The van der Waals surface area contributed by atoms with Gasteiger partial charge in [-0.2, -0.15) is 0 Å². The Labute approximate surface area is 137 Å². The van der Waals surface area contributed by atoms with E-state index >= 15 is 0 Å². The number of rotatable bonds is 4. The van der Waals surface area contributed by atoms with E-state index in [0.29, 0.717) is 26.5 Å². The van der Waals surface area contributed by atoms with E-state index in [9.17, 15) is 0 Å². The van der Waals surface area contributed by atoms with E-state index in [1.54, 1.807) is 24.3 Å². The third-order valence-electron chi connectivity index (χ3n) is 2.99. The molecule has 0 spiro atoms. The quantitative estimate of drug-likeness (QED) is 0.598. The van der Waals surface area contributed by atoms with Crippen LogP contribution in [-0.4, -0.2) is 0 Å². The van der Waals surface area contributed by atoms with E-state index in [-0.39, 0.29) is 6.04 Å². The molecule has 2 aromatic rings. The van der Waals surface area contributed by atoms with E-state index in [0.717, 1.165) is 11.1 Å². The third kappa shape index (κ3) is 3.79. The van der Waals surface area contributed by atoms with Crippen molar-refractivity contribution in [2.45, 2.75) is 12.5 Å². The average molecular weight is 350 g/mol. The van der Waals surface area contributed by atoms with Crippen LogP contribution in [0.1, 0.15) is 17.2 Å². The number of hydrogen-bond donors (Lipinski definition) is 2. The second kappa shape index (κ2) is 6.99. The second-order valence-corrected chi connectivity index (χ2v) is 5.99. The highest BCUT2D eigenvalue weighted by Crippen LogP contribution is 2.29. The molecule has 2 aromatic carbocycles. The number of nitrogens with two attached hydrogens (primary N) is 1. The number of hydrazine groups is 1. The summed E-state index contributed by atoms with van der Waals surface area (Å²) in [6.45, 7) is 0. The van der Waals surface area contributed by atoms with Crippen LogP contribution in [0, 0.1) is 0 Å². The van der Waals surface area contributed by atoms with Gasteiger partial charge in [-0.15, -0.1) is 0 Å². The summed E-state index contributed by atoms with van der Waals surface area (Å²) in [5, 5.41) is 2.21. The fourth-order valence-corrected chi connectivity index (χ4v) is 2.70. The summed E-state index contributed by atoms with van der Waals surface area (Å²) in [4.78, 5) is 0. The van der Waals surface area contributed by atoms with Crippen molar-refractivity contribution in [1.82, 2.24) is 5.43 Å². The van der Waals surface area contributed by atoms with Crippen LogP contribution in [-0.2, 0) is 6.42 Å². The van der Waals surface area contributed by atoms with Gasteiger partial charge in [-0.3, -0.25) is 11.3 Å². The molecule has 0 radical (unpaired) electrons. The zero-order valence-electron chi connectivity index (χ0n) is 10.3. The van der Waals surface area contributed by atoms with Crippen molar-refractivity contribution in [1.29, 1.82) is 0 Å². The van der Waals surface area contributed by atoms with Crippen molar-refractivity contribution in [3.05, 3.63) is 67.6 Å². The van der Waals surface area contributed by atoms with Gasteiger partial charge < -0.3 is 0 Å². The lowest BCUT2D eigenvalue weighted by Crippen LogP contribution is -2.29. The molecule has 0 aliphatic carbocycles. The molecule has 0 bridgehead atoms. The average Bonchev–Trinajstić information content (AvgIpc) is 2.41. The van der Waals surface area contributed by atoms with E-state index < -0.39 is 0 Å². The van der Waals surface area contributed by atoms with Crippen LogP contribution in [0.3, 0.4) is 0 Å². The van der Waals surface area contributed by atoms with Crippen molar-refractivity contribution >= 4 is 46.4 Å². The smallest absolute Gasteiger partial charge is 0.0595 e. The highest BCUT2D eigenvalue weighted by molar-refractivity contribution is 6.42. The summed E-state index contributed by atoms with van der Waals surface area (Å²) in [6.07, 6.45) is 0.616. The topological polar surface area (TPSA) is 38.0 Å². The molecule has 106 valence electrons. The number of benzene rings is 2. The summed E-state index contributed by atoms with van der Waals surface area (Å²) in [6, 6.07) is 10.7. The zero-order valence-corrected chi connectivity index (χ0v) is 13.4. The molecule has 0 aliphatic rings. The second-order valence-electron chi connectivity index (χ2n) is 4.33. The summed E-state index contributed by atoms with van der Waals surface area (Å²) in [5.74, 6) is 5.63. The first-order valence-electron chi connectivity index (χ1n) is 5.86. The Morgan fingerprint density at radius 1 is 0.900 bits per heavy atom. The minimum atomic E-state index is -0.122. The van der Waals surface area contributed by atoms with Crippen LogP contribution in [0.4, 0.5) is 0 Å². The third-order valence-corrected chi connectivity index (χ3v) is 4.31. The normalized spacial score (nSPS) is 12.4. The van der Waals surface area contributed by atoms with Crippen molar-refractivity contribution in [2.24, 2.45) is 5.84 Å². The van der Waals surface area contributed by atoms with Crippen molar-refractivity contribution in [3.8, 4) is 0 Å². The van der Waals surface area contributed by atoms with Crippen LogP contribution < -0.4 is 11.3 Å². The Kier molecular flexibility index (Phi) is 5.56. The van der Waals surface area contributed by atoms with Gasteiger partial charge in [0, 0.05) is 10.0 Å². The van der Waals surface area contributed by atoms with E-state index in [2.05, 4.69) is 5.43 Å². The molecule has 0 saturated carbocycles. The van der Waals surface area contributed by atoms with Gasteiger partial charge in [0.2, 0.25) is 0 Å². The van der Waals surface area contributed by atoms with Crippen molar-refractivity contribution in [3.63, 3.8) is 0 Å². The Hall–Kier alpha value is -0.480. The highest BCUT2D eigenvalue weighted by atomic mass is 35.5. The summed E-state index contributed by atoms with van der Waals surface area (Å²) in [5.41, 5.74) is 4.65. The maximum atomic E-state index is 6.17. The van der Waals surface area contributed by atoms with Gasteiger partial charge in [0.15, 0.2) is 0 Å². The van der Waals surface area contributed by atoms with E-state index in [1.807, 2.05) is 12.1 Å². The molecule has 0 aliphatic heterocycles. The van der Waals surface area contributed by atoms with Crippen molar-refractivity contribution in [2.75, 3.05) is 0 Å². The number of nitrogens with one attached hydrogen (secondary N) is 1. The SMILES string of the molecule is NNC(Cc1ccc(Cl)cc1Cl)c1ccc(Cl)c(Cl)c1. The molecule has 3 N–H and O–H groups in total. The fraction of sp³-hybridized carbons (Fsp3) is 0.143. The highest BCUT2D eigenvalue weighted by Gasteiger charge is 2.14. The van der Waals surface area contributed by atoms with Gasteiger partial charge >= 0.3 is 0 Å². The molecular weight excluding hydrogens is 338 g/mol. The molecule has 0 saturated heterocycles. The predicted octanol–water partition coefficient (Wildman–Crippen LogP) is 5.05. The zero-order chi connectivity index (χ0) is 14.7. The van der Waals surface area contributed by atoms with Crippen LogP contribution in [0.25, 0.3) is 0 Å². The van der Waals surface area contributed by atoms with Gasteiger partial charge in [0.25, 0.3) is 0 Å². The molecule has 1 atom stereocenters. The molecule has 2 rings (SSSR count). The Bertz CT molecular complexity index is 616. The Balaban J connectivity index is 2.26. The molecule has 0 aromatic heterocycles. The van der Waals surface area contributed by atoms with Crippen LogP contribution >= 0.6 is 46.4 Å². The maximum absolute atomic E-state index is 6.17. The van der Waals surface area contributed by atoms with Gasteiger partial charge in [0.05, 0.1) is 16.1 Å². The van der Waals surface area contributed by atoms with E-state index in [4.69, 9.17) is 52.2 Å². The summed E-state index contributed by atoms with van der Waals surface area (Å²) >= 11 is 24.0. The molecule has 0 fully saturated rings. The first-order chi connectivity index (χ1) is 9.51. The van der Waals surface area contributed by atoms with Crippen molar-refractivity contribution < 1.29 is 0 Å². The first kappa shape index (κ1) is 15.9. The first-order valence-corrected chi connectivity index (χ1v) is 7.37. The summed E-state index contributed by atoms with van der Waals surface area (Å²) in [7, 11) is 0. The van der Waals surface area contributed by atoms with Crippen LogP contribution in [0.5, 0.6) is 0 Å². The van der Waals surface area contributed by atoms with Gasteiger partial charge in [0.1, 0.15) is 0 Å².